The lowest BCUT2D eigenvalue weighted by Crippen LogP contribution is -2.43. The second-order valence-electron chi connectivity index (χ2n) is 6.85. The molecule has 7 nitrogen and oxygen atoms in total. The maximum absolute atomic E-state index is 13.0. The van der Waals surface area contributed by atoms with Crippen molar-refractivity contribution in [2.45, 2.75) is 30.8 Å². The smallest absolute Gasteiger partial charge is 0.272 e. The minimum atomic E-state index is -3.30. The number of aromatic nitrogens is 2. The number of pyridine rings is 1. The fraction of sp³-hybridized carbons (Fsp3) is 0.368. The summed E-state index contributed by atoms with van der Waals surface area (Å²) in [7, 11) is -3.30. The Labute approximate surface area is 157 Å². The number of nitrogens with zero attached hydrogens (tertiary/aromatic N) is 3. The summed E-state index contributed by atoms with van der Waals surface area (Å²) in [5.74, 6) is 0.258. The Morgan fingerprint density at radius 1 is 1.22 bits per heavy atom. The van der Waals surface area contributed by atoms with Gasteiger partial charge in [-0.15, -0.1) is 0 Å². The van der Waals surface area contributed by atoms with Crippen LogP contribution in [-0.4, -0.2) is 46.9 Å². The fourth-order valence-corrected chi connectivity index (χ4v) is 5.38. The molecule has 0 aliphatic carbocycles. The first-order valence-corrected chi connectivity index (χ1v) is 10.6. The highest BCUT2D eigenvalue weighted by Crippen LogP contribution is 2.24. The quantitative estimate of drug-likeness (QED) is 0.686. The molecule has 4 heterocycles. The molecule has 0 saturated carbocycles. The molecule has 0 aromatic carbocycles. The normalized spacial score (nSPS) is 16.1. The number of piperidine rings is 1. The average molecular weight is 387 g/mol. The van der Waals surface area contributed by atoms with Gasteiger partial charge in [0, 0.05) is 19.3 Å². The van der Waals surface area contributed by atoms with Crippen molar-refractivity contribution in [1.29, 1.82) is 0 Å². The van der Waals surface area contributed by atoms with E-state index in [4.69, 9.17) is 4.42 Å². The molecule has 0 spiro atoms. The van der Waals surface area contributed by atoms with E-state index in [2.05, 4.69) is 4.98 Å². The van der Waals surface area contributed by atoms with Gasteiger partial charge in [0.05, 0.1) is 17.2 Å². The Hall–Kier alpha value is -2.61. The highest BCUT2D eigenvalue weighted by Gasteiger charge is 2.33. The number of carbonyl (C=O) groups excluding carboxylic acids is 1. The summed E-state index contributed by atoms with van der Waals surface area (Å²) >= 11 is 0. The molecular weight excluding hydrogens is 366 g/mol. The van der Waals surface area contributed by atoms with E-state index in [0.29, 0.717) is 43.1 Å². The zero-order valence-electron chi connectivity index (χ0n) is 15.0. The molecule has 3 aromatic rings. The van der Waals surface area contributed by atoms with Gasteiger partial charge < -0.3 is 9.32 Å². The van der Waals surface area contributed by atoms with Crippen molar-refractivity contribution in [1.82, 2.24) is 14.3 Å². The molecule has 1 aliphatic rings. The molecule has 0 radical (unpaired) electrons. The average Bonchev–Trinajstić information content (AvgIpc) is 3.27. The first-order valence-electron chi connectivity index (χ1n) is 8.92. The number of hydrogen-bond acceptors (Lipinski definition) is 5. The van der Waals surface area contributed by atoms with Gasteiger partial charge in [-0.25, -0.2) is 13.4 Å². The van der Waals surface area contributed by atoms with Gasteiger partial charge in [0.15, 0.2) is 9.84 Å². The van der Waals surface area contributed by atoms with E-state index in [1.54, 1.807) is 21.4 Å². The number of furan rings is 1. The third-order valence-corrected chi connectivity index (χ3v) is 7.24. The summed E-state index contributed by atoms with van der Waals surface area (Å²) in [4.78, 5) is 19.2. The number of imidazole rings is 1. The second-order valence-corrected chi connectivity index (χ2v) is 9.13. The van der Waals surface area contributed by atoms with Gasteiger partial charge in [0.2, 0.25) is 0 Å². The van der Waals surface area contributed by atoms with Crippen LogP contribution in [0.1, 0.15) is 34.8 Å². The maximum atomic E-state index is 13.0. The largest absolute Gasteiger partial charge is 0.468 e. The summed E-state index contributed by atoms with van der Waals surface area (Å²) in [5, 5.41) is -0.449. The topological polar surface area (TPSA) is 84.9 Å². The van der Waals surface area contributed by atoms with Crippen LogP contribution < -0.4 is 0 Å². The molecule has 0 unspecified atom stereocenters. The number of sulfone groups is 1. The molecule has 1 saturated heterocycles. The van der Waals surface area contributed by atoms with E-state index in [0.717, 1.165) is 5.65 Å². The van der Waals surface area contributed by atoms with Crippen LogP contribution in [0, 0.1) is 6.92 Å². The van der Waals surface area contributed by atoms with Gasteiger partial charge in [0.25, 0.3) is 5.91 Å². The highest BCUT2D eigenvalue weighted by atomic mass is 32.2. The third-order valence-electron chi connectivity index (χ3n) is 5.07. The Bertz CT molecular complexity index is 1060. The molecule has 1 fully saturated rings. The fourth-order valence-electron chi connectivity index (χ4n) is 3.65. The second kappa shape index (κ2) is 6.84. The number of aryl methyl sites for hydroxylation is 1. The number of fused-ring (bicyclic) bond motifs is 1. The van der Waals surface area contributed by atoms with E-state index in [1.807, 2.05) is 31.3 Å². The van der Waals surface area contributed by atoms with Crippen LogP contribution in [0.3, 0.4) is 0 Å². The van der Waals surface area contributed by atoms with Crippen molar-refractivity contribution >= 4 is 21.4 Å². The van der Waals surface area contributed by atoms with Gasteiger partial charge in [-0.1, -0.05) is 6.07 Å². The van der Waals surface area contributed by atoms with Crippen LogP contribution in [0.5, 0.6) is 0 Å². The van der Waals surface area contributed by atoms with E-state index >= 15 is 0 Å². The van der Waals surface area contributed by atoms with Crippen LogP contribution in [-0.2, 0) is 15.6 Å². The van der Waals surface area contributed by atoms with Crippen molar-refractivity contribution in [3.8, 4) is 0 Å². The number of rotatable bonds is 4. The van der Waals surface area contributed by atoms with Crippen molar-refractivity contribution < 1.29 is 17.6 Å². The lowest BCUT2D eigenvalue weighted by molar-refractivity contribution is 0.0717. The standard InChI is InChI=1S/C19H21N3O4S/c1-14-18(22-9-3-2-6-17(22)20-14)19(23)21-10-7-16(8-11-21)27(24,25)13-15-5-4-12-26-15/h2-6,9,12,16H,7-8,10-11,13H2,1H3. The van der Waals surface area contributed by atoms with Crippen LogP contribution in [0.25, 0.3) is 5.65 Å². The van der Waals surface area contributed by atoms with E-state index in [-0.39, 0.29) is 11.7 Å². The van der Waals surface area contributed by atoms with Crippen molar-refractivity contribution in [3.63, 3.8) is 0 Å². The van der Waals surface area contributed by atoms with E-state index < -0.39 is 15.1 Å². The summed E-state index contributed by atoms with van der Waals surface area (Å²) in [6.45, 7) is 2.65. The molecule has 0 atom stereocenters. The van der Waals surface area contributed by atoms with E-state index in [9.17, 15) is 13.2 Å². The SMILES string of the molecule is Cc1nc2ccccn2c1C(=O)N1CCC(S(=O)(=O)Cc2ccco2)CC1. The van der Waals surface area contributed by atoms with Crippen LogP contribution in [0.2, 0.25) is 0 Å². The maximum Gasteiger partial charge on any atom is 0.272 e. The zero-order valence-corrected chi connectivity index (χ0v) is 15.9. The van der Waals surface area contributed by atoms with Gasteiger partial charge in [-0.3, -0.25) is 9.20 Å². The van der Waals surface area contributed by atoms with Crippen molar-refractivity contribution in [2.24, 2.45) is 0 Å². The molecule has 0 bridgehead atoms. The lowest BCUT2D eigenvalue weighted by atomic mass is 10.1. The monoisotopic (exact) mass is 387 g/mol. The minimum absolute atomic E-state index is 0.0923. The van der Waals surface area contributed by atoms with Crippen molar-refractivity contribution in [2.75, 3.05) is 13.1 Å². The van der Waals surface area contributed by atoms with Crippen LogP contribution >= 0.6 is 0 Å². The number of amides is 1. The molecule has 1 aliphatic heterocycles. The highest BCUT2D eigenvalue weighted by molar-refractivity contribution is 7.91. The number of carbonyl (C=O) groups is 1. The predicted octanol–water partition coefficient (Wildman–Crippen LogP) is 2.46. The summed E-state index contributed by atoms with van der Waals surface area (Å²) < 4.78 is 32.2. The minimum Gasteiger partial charge on any atom is -0.468 e. The Morgan fingerprint density at radius 2 is 2.00 bits per heavy atom. The van der Waals surface area contributed by atoms with Gasteiger partial charge in [0.1, 0.15) is 22.9 Å². The van der Waals surface area contributed by atoms with E-state index in [1.165, 1.54) is 6.26 Å². The molecule has 1 amide bonds. The summed E-state index contributed by atoms with van der Waals surface area (Å²) in [6, 6.07) is 8.95. The Kier molecular flexibility index (Phi) is 4.51. The van der Waals surface area contributed by atoms with Crippen molar-refractivity contribution in [3.05, 3.63) is 59.9 Å². The predicted molar refractivity (Wildman–Crippen MR) is 100 cm³/mol. The van der Waals surface area contributed by atoms with Gasteiger partial charge in [-0.2, -0.15) is 0 Å². The van der Waals surface area contributed by atoms with Gasteiger partial charge in [-0.05, 0) is 44.0 Å². The summed E-state index contributed by atoms with van der Waals surface area (Å²) in [5.41, 5.74) is 1.95. The Morgan fingerprint density at radius 3 is 2.70 bits per heavy atom. The molecule has 3 aromatic heterocycles. The Balaban J connectivity index is 1.47. The molecular formula is C19H21N3O4S. The molecule has 142 valence electrons. The third kappa shape index (κ3) is 3.37. The molecule has 0 N–H and O–H groups in total. The molecule has 8 heteroatoms. The summed E-state index contributed by atoms with van der Waals surface area (Å²) in [6.07, 6.45) is 4.17. The zero-order chi connectivity index (χ0) is 19.0. The number of likely N-dealkylation sites (tertiary alicyclic amines) is 1. The van der Waals surface area contributed by atoms with Gasteiger partial charge >= 0.3 is 0 Å². The first-order chi connectivity index (χ1) is 13.0. The first kappa shape index (κ1) is 17.8. The molecule has 27 heavy (non-hydrogen) atoms. The molecule has 4 rings (SSSR count). The lowest BCUT2D eigenvalue weighted by Gasteiger charge is -2.31. The van der Waals surface area contributed by atoms with Crippen LogP contribution in [0.4, 0.5) is 0 Å². The van der Waals surface area contributed by atoms with Crippen LogP contribution in [0.15, 0.2) is 47.2 Å². The number of hydrogen-bond donors (Lipinski definition) is 0.